The highest BCUT2D eigenvalue weighted by molar-refractivity contribution is 5.90. The van der Waals surface area contributed by atoms with E-state index in [2.05, 4.69) is 36.3 Å². The molecule has 0 aliphatic carbocycles. The Labute approximate surface area is 189 Å². The van der Waals surface area contributed by atoms with Gasteiger partial charge in [0.05, 0.1) is 12.1 Å². The fourth-order valence-electron chi connectivity index (χ4n) is 2.87. The predicted molar refractivity (Wildman–Crippen MR) is 132 cm³/mol. The lowest BCUT2D eigenvalue weighted by atomic mass is 10.0. The van der Waals surface area contributed by atoms with Crippen LogP contribution in [-0.2, 0) is 0 Å². The molecule has 0 amide bonds. The molecule has 0 fully saturated rings. The van der Waals surface area contributed by atoms with Crippen LogP contribution in [0.4, 0.5) is 0 Å². The van der Waals surface area contributed by atoms with E-state index in [4.69, 9.17) is 22.1 Å². The molecule has 0 radical (unpaired) electrons. The minimum absolute atomic E-state index is 0.966. The lowest BCUT2D eigenvalue weighted by Gasteiger charge is -2.00. The maximum atomic E-state index is 8.47. The molecule has 4 rings (SSSR count). The van der Waals surface area contributed by atoms with Crippen LogP contribution in [-0.4, -0.2) is 10.7 Å². The van der Waals surface area contributed by atoms with Crippen molar-refractivity contribution in [2.45, 2.75) is 19.4 Å². The lowest BCUT2D eigenvalue weighted by molar-refractivity contribution is 0.141. The molecule has 0 aromatic heterocycles. The average Bonchev–Trinajstić information content (AvgIpc) is 2.82. The second-order valence-electron chi connectivity index (χ2n) is 7.37. The summed E-state index contributed by atoms with van der Waals surface area (Å²) in [7, 11) is 0. The third kappa shape index (κ3) is 7.16. The number of benzene rings is 4. The number of nitrogens with zero attached hydrogens (tertiary/aromatic N) is 2. The van der Waals surface area contributed by atoms with Crippen LogP contribution in [0.2, 0.25) is 0 Å². The van der Waals surface area contributed by atoms with Gasteiger partial charge in [-0.2, -0.15) is 10.5 Å². The molecule has 0 aliphatic rings. The van der Waals surface area contributed by atoms with Crippen LogP contribution >= 0.6 is 0 Å². The van der Waals surface area contributed by atoms with E-state index in [0.717, 1.165) is 16.5 Å². The molecule has 0 saturated carbocycles. The number of terminal acetylenes is 1. The van der Waals surface area contributed by atoms with Crippen LogP contribution in [0.15, 0.2) is 91.0 Å². The zero-order valence-corrected chi connectivity index (χ0v) is 18.2. The van der Waals surface area contributed by atoms with E-state index in [-0.39, 0.29) is 0 Å². The Balaban J connectivity index is 0.000000184. The summed E-state index contributed by atoms with van der Waals surface area (Å²) in [5, 5.41) is 29.6. The minimum atomic E-state index is -1.15. The van der Waals surface area contributed by atoms with E-state index in [1.165, 1.54) is 36.1 Å². The Bertz CT molecular complexity index is 1330. The molecule has 0 unspecified atom stereocenters. The first kappa shape index (κ1) is 23.9. The summed E-state index contributed by atoms with van der Waals surface area (Å²) >= 11 is 0. The van der Waals surface area contributed by atoms with Gasteiger partial charge in [0.25, 0.3) is 0 Å². The van der Waals surface area contributed by atoms with Gasteiger partial charge in [0.2, 0.25) is 0 Å². The number of hydrogen-bond donors (Lipinski definition) is 1. The summed E-state index contributed by atoms with van der Waals surface area (Å²) in [6.07, 6.45) is 8.70. The van der Waals surface area contributed by atoms with Gasteiger partial charge in [-0.05, 0) is 53.1 Å². The quantitative estimate of drug-likeness (QED) is 0.219. The number of allylic oxidation sites excluding steroid dienone is 1. The van der Waals surface area contributed by atoms with Gasteiger partial charge in [0.15, 0.2) is 0 Å². The first-order valence-corrected chi connectivity index (χ1v) is 10.0. The molecule has 0 bridgehead atoms. The maximum absolute atomic E-state index is 8.47. The van der Waals surface area contributed by atoms with Crippen molar-refractivity contribution in [3.8, 4) is 24.5 Å². The second-order valence-corrected chi connectivity index (χ2v) is 7.37. The third-order valence-electron chi connectivity index (χ3n) is 4.38. The number of aliphatic hydroxyl groups is 1. The van der Waals surface area contributed by atoms with Gasteiger partial charge in [-0.25, -0.2) is 0 Å². The smallest absolute Gasteiger partial charge is 0.145 e. The Morgan fingerprint density at radius 2 is 1.28 bits per heavy atom. The van der Waals surface area contributed by atoms with Crippen LogP contribution in [0.1, 0.15) is 25.0 Å². The Hall–Kier alpha value is -4.36. The number of rotatable bonds is 1. The van der Waals surface area contributed by atoms with Crippen LogP contribution in [0.3, 0.4) is 0 Å². The maximum Gasteiger partial charge on any atom is 0.145 e. The van der Waals surface area contributed by atoms with Gasteiger partial charge in [-0.15, -0.1) is 6.42 Å². The largest absolute Gasteiger partial charge is 0.376 e. The molecule has 0 heterocycles. The highest BCUT2D eigenvalue weighted by Gasteiger charge is 2.07. The van der Waals surface area contributed by atoms with Crippen molar-refractivity contribution < 1.29 is 5.11 Å². The standard InChI is InChI=1S/C13H9N.C12H8.C4H7NO/c14-10-4-8-12-7-3-6-11-5-1-2-9-13(11)12;1-2-10-7-5-8-11-6-3-4-9-12(10)11;1-4(2,6)3-5/h1-9H;1,3-9H;6H,1-2H3/b8-4+;;. The summed E-state index contributed by atoms with van der Waals surface area (Å²) in [5.74, 6) is 2.67. The number of fused-ring (bicyclic) bond motifs is 2. The molecule has 3 nitrogen and oxygen atoms in total. The molecule has 0 aliphatic heterocycles. The first-order valence-electron chi connectivity index (χ1n) is 10.0. The van der Waals surface area contributed by atoms with Crippen LogP contribution in [0.25, 0.3) is 27.6 Å². The molecule has 156 valence electrons. The second kappa shape index (κ2) is 11.7. The molecule has 0 atom stereocenters. The molecule has 1 N–H and O–H groups in total. The summed E-state index contributed by atoms with van der Waals surface area (Å²) in [5.41, 5.74) is 0.901. The topological polar surface area (TPSA) is 67.8 Å². The molecular formula is C29H24N2O. The molecule has 3 heteroatoms. The zero-order valence-electron chi connectivity index (χ0n) is 18.2. The average molecular weight is 417 g/mol. The number of nitriles is 2. The van der Waals surface area contributed by atoms with E-state index in [1.54, 1.807) is 6.07 Å². The monoisotopic (exact) mass is 416 g/mol. The predicted octanol–water partition coefficient (Wildman–Crippen LogP) is 6.48. The van der Waals surface area contributed by atoms with E-state index in [9.17, 15) is 0 Å². The van der Waals surface area contributed by atoms with E-state index in [1.807, 2.05) is 66.7 Å². The number of hydrogen-bond acceptors (Lipinski definition) is 3. The molecule has 32 heavy (non-hydrogen) atoms. The molecule has 4 aromatic rings. The van der Waals surface area contributed by atoms with Gasteiger partial charge in [-0.1, -0.05) is 84.8 Å². The van der Waals surface area contributed by atoms with Gasteiger partial charge in [0.1, 0.15) is 5.60 Å². The van der Waals surface area contributed by atoms with Gasteiger partial charge in [0, 0.05) is 11.6 Å². The molecule has 4 aromatic carbocycles. The summed E-state index contributed by atoms with van der Waals surface area (Å²) in [6.45, 7) is 2.88. The van der Waals surface area contributed by atoms with Gasteiger partial charge < -0.3 is 5.11 Å². The SMILES string of the molecule is C#Cc1cccc2ccccc12.CC(C)(O)C#N.N#C/C=C/c1cccc2ccccc12. The third-order valence-corrected chi connectivity index (χ3v) is 4.38. The van der Waals surface area contributed by atoms with Crippen molar-refractivity contribution in [1.29, 1.82) is 10.5 Å². The van der Waals surface area contributed by atoms with Crippen molar-refractivity contribution >= 4 is 27.6 Å². The summed E-state index contributed by atoms with van der Waals surface area (Å²) in [4.78, 5) is 0. The van der Waals surface area contributed by atoms with Crippen molar-refractivity contribution in [3.63, 3.8) is 0 Å². The first-order chi connectivity index (χ1) is 15.4. The Morgan fingerprint density at radius 3 is 1.84 bits per heavy atom. The van der Waals surface area contributed by atoms with Gasteiger partial charge >= 0.3 is 0 Å². The van der Waals surface area contributed by atoms with E-state index >= 15 is 0 Å². The lowest BCUT2D eigenvalue weighted by Crippen LogP contribution is -2.13. The fraction of sp³-hybridized carbons (Fsp3) is 0.103. The van der Waals surface area contributed by atoms with Crippen molar-refractivity contribution in [2.75, 3.05) is 0 Å². The normalized spacial score (nSPS) is 10.1. The van der Waals surface area contributed by atoms with Crippen LogP contribution in [0.5, 0.6) is 0 Å². The highest BCUT2D eigenvalue weighted by Crippen LogP contribution is 2.19. The molecule has 0 spiro atoms. The van der Waals surface area contributed by atoms with Crippen molar-refractivity contribution in [2.24, 2.45) is 0 Å². The van der Waals surface area contributed by atoms with Gasteiger partial charge in [-0.3, -0.25) is 0 Å². The highest BCUT2D eigenvalue weighted by atomic mass is 16.3. The molecule has 0 saturated heterocycles. The Morgan fingerprint density at radius 1 is 0.781 bits per heavy atom. The van der Waals surface area contributed by atoms with E-state index < -0.39 is 5.60 Å². The summed E-state index contributed by atoms with van der Waals surface area (Å²) < 4.78 is 0. The van der Waals surface area contributed by atoms with E-state index in [0.29, 0.717) is 0 Å². The van der Waals surface area contributed by atoms with Crippen LogP contribution in [0, 0.1) is 35.0 Å². The minimum Gasteiger partial charge on any atom is -0.376 e. The zero-order chi connectivity index (χ0) is 23.4. The molecular weight excluding hydrogens is 392 g/mol. The van der Waals surface area contributed by atoms with Crippen LogP contribution < -0.4 is 0 Å². The summed E-state index contributed by atoms with van der Waals surface area (Å²) in [6, 6.07) is 32.0. The van der Waals surface area contributed by atoms with Crippen molar-refractivity contribution in [1.82, 2.24) is 0 Å². The van der Waals surface area contributed by atoms with Crippen molar-refractivity contribution in [3.05, 3.63) is 102 Å². The Kier molecular flexibility index (Phi) is 8.77. The fourth-order valence-corrected chi connectivity index (χ4v) is 2.87.